The van der Waals surface area contributed by atoms with Gasteiger partial charge in [-0.2, -0.15) is 4.98 Å². The molecule has 0 unspecified atom stereocenters. The van der Waals surface area contributed by atoms with Crippen LogP contribution in [0.15, 0.2) is 71.3 Å². The lowest BCUT2D eigenvalue weighted by atomic mass is 9.99. The van der Waals surface area contributed by atoms with Crippen molar-refractivity contribution in [1.82, 2.24) is 20.4 Å². The molecule has 1 aromatic heterocycles. The first-order valence-corrected chi connectivity index (χ1v) is 11.8. The highest BCUT2D eigenvalue weighted by molar-refractivity contribution is 6.04. The molecule has 0 radical (unpaired) electrons. The van der Waals surface area contributed by atoms with E-state index in [1.165, 1.54) is 11.1 Å². The number of nitrogens with one attached hydrogen (secondary N) is 2. The average Bonchev–Trinajstić information content (AvgIpc) is 3.33. The quantitative estimate of drug-likeness (QED) is 0.428. The second-order valence-electron chi connectivity index (χ2n) is 9.03. The van der Waals surface area contributed by atoms with E-state index in [4.69, 9.17) is 4.52 Å². The molecular weight excluding hydrogens is 454 g/mol. The van der Waals surface area contributed by atoms with Gasteiger partial charge in [0.15, 0.2) is 0 Å². The smallest absolute Gasteiger partial charge is 0.255 e. The van der Waals surface area contributed by atoms with Crippen LogP contribution < -0.4 is 10.6 Å². The molecule has 0 saturated heterocycles. The molecule has 0 saturated carbocycles. The zero-order chi connectivity index (χ0) is 25.1. The Balaban J connectivity index is 1.22. The fourth-order valence-corrected chi connectivity index (χ4v) is 4.30. The zero-order valence-electron chi connectivity index (χ0n) is 20.2. The maximum atomic E-state index is 12.9. The van der Waals surface area contributed by atoms with Gasteiger partial charge in [0.1, 0.15) is 0 Å². The van der Waals surface area contributed by atoms with Gasteiger partial charge in [0, 0.05) is 48.9 Å². The molecule has 2 amide bonds. The summed E-state index contributed by atoms with van der Waals surface area (Å²) in [6.45, 7) is 3.93. The lowest BCUT2D eigenvalue weighted by molar-refractivity contribution is 0.0950. The number of anilines is 1. The molecular formula is C28H27N5O3. The SMILES string of the molecule is Cc1nc(-c2cccc(C(=O)NCc3cccc(C(=O)Nc4ccc5c(c4)CN(C)CC5)c3)c2)no1. The number of likely N-dealkylation sites (N-methyl/N-ethyl adjacent to an activating group) is 1. The summed E-state index contributed by atoms with van der Waals surface area (Å²) in [6.07, 6.45) is 1.02. The number of hydrogen-bond donors (Lipinski definition) is 2. The van der Waals surface area contributed by atoms with Crippen LogP contribution in [0, 0.1) is 6.92 Å². The maximum Gasteiger partial charge on any atom is 0.255 e. The van der Waals surface area contributed by atoms with E-state index < -0.39 is 0 Å². The van der Waals surface area contributed by atoms with E-state index in [1.807, 2.05) is 24.3 Å². The van der Waals surface area contributed by atoms with Crippen LogP contribution in [0.2, 0.25) is 0 Å². The third kappa shape index (κ3) is 5.34. The van der Waals surface area contributed by atoms with Crippen molar-refractivity contribution in [2.24, 2.45) is 0 Å². The number of fused-ring (bicyclic) bond motifs is 1. The molecule has 4 aromatic rings. The molecule has 8 nitrogen and oxygen atoms in total. The minimum atomic E-state index is -0.231. The molecule has 182 valence electrons. The predicted octanol–water partition coefficient (Wildman–Crippen LogP) is 4.22. The largest absolute Gasteiger partial charge is 0.348 e. The summed E-state index contributed by atoms with van der Waals surface area (Å²) < 4.78 is 5.03. The fourth-order valence-electron chi connectivity index (χ4n) is 4.30. The third-order valence-corrected chi connectivity index (χ3v) is 6.22. The van der Waals surface area contributed by atoms with E-state index in [9.17, 15) is 9.59 Å². The normalized spacial score (nSPS) is 13.2. The first-order valence-electron chi connectivity index (χ1n) is 11.8. The van der Waals surface area contributed by atoms with E-state index in [0.717, 1.165) is 30.8 Å². The Hall–Kier alpha value is -4.30. The number of aryl methyl sites for hydroxylation is 1. The molecule has 8 heteroatoms. The van der Waals surface area contributed by atoms with Crippen molar-refractivity contribution in [3.63, 3.8) is 0 Å². The first kappa shape index (κ1) is 23.4. The summed E-state index contributed by atoms with van der Waals surface area (Å²) >= 11 is 0. The van der Waals surface area contributed by atoms with E-state index in [-0.39, 0.29) is 18.4 Å². The van der Waals surface area contributed by atoms with Crippen LogP contribution in [0.3, 0.4) is 0 Å². The average molecular weight is 482 g/mol. The number of carbonyl (C=O) groups excluding carboxylic acids is 2. The number of hydrogen-bond acceptors (Lipinski definition) is 6. The van der Waals surface area contributed by atoms with Gasteiger partial charge in [-0.15, -0.1) is 0 Å². The number of nitrogens with zero attached hydrogens (tertiary/aromatic N) is 3. The van der Waals surface area contributed by atoms with E-state index in [1.54, 1.807) is 37.3 Å². The minimum Gasteiger partial charge on any atom is -0.348 e. The number of benzene rings is 3. The van der Waals surface area contributed by atoms with Gasteiger partial charge in [0.05, 0.1) is 0 Å². The highest BCUT2D eigenvalue weighted by Crippen LogP contribution is 2.22. The second kappa shape index (κ2) is 10.1. The summed E-state index contributed by atoms with van der Waals surface area (Å²) in [5.41, 5.74) is 5.91. The highest BCUT2D eigenvalue weighted by Gasteiger charge is 2.15. The molecule has 0 atom stereocenters. The van der Waals surface area contributed by atoms with Crippen LogP contribution in [0.1, 0.15) is 43.3 Å². The van der Waals surface area contributed by atoms with Crippen LogP contribution in [0.25, 0.3) is 11.4 Å². The Morgan fingerprint density at radius 2 is 1.78 bits per heavy atom. The van der Waals surface area contributed by atoms with E-state index in [0.29, 0.717) is 28.4 Å². The molecule has 36 heavy (non-hydrogen) atoms. The van der Waals surface area contributed by atoms with Crippen molar-refractivity contribution in [3.05, 3.63) is 100 Å². The van der Waals surface area contributed by atoms with Gasteiger partial charge < -0.3 is 20.1 Å². The first-order chi connectivity index (χ1) is 17.4. The van der Waals surface area contributed by atoms with Crippen molar-refractivity contribution < 1.29 is 14.1 Å². The van der Waals surface area contributed by atoms with Crippen molar-refractivity contribution >= 4 is 17.5 Å². The number of aromatic nitrogens is 2. The minimum absolute atomic E-state index is 0.185. The Bertz CT molecular complexity index is 1430. The summed E-state index contributed by atoms with van der Waals surface area (Å²) in [6, 6.07) is 20.4. The van der Waals surface area contributed by atoms with Crippen LogP contribution in [0.5, 0.6) is 0 Å². The molecule has 2 N–H and O–H groups in total. The van der Waals surface area contributed by atoms with E-state index in [2.05, 4.69) is 44.9 Å². The summed E-state index contributed by atoms with van der Waals surface area (Å²) in [5, 5.41) is 9.82. The van der Waals surface area contributed by atoms with Crippen LogP contribution in [-0.4, -0.2) is 40.4 Å². The van der Waals surface area contributed by atoms with Crippen molar-refractivity contribution in [2.45, 2.75) is 26.4 Å². The standard InChI is InChI=1S/C28H27N5O3/c1-18-30-26(32-36-18)21-6-4-8-23(14-21)27(34)29-16-19-5-3-7-22(13-19)28(35)31-25-10-9-20-11-12-33(2)17-24(20)15-25/h3-10,13-15H,11-12,16-17H2,1-2H3,(H,29,34)(H,31,35). The molecule has 2 heterocycles. The van der Waals surface area contributed by atoms with Crippen molar-refractivity contribution in [2.75, 3.05) is 18.9 Å². The fraction of sp³-hybridized carbons (Fsp3) is 0.214. The molecule has 1 aliphatic heterocycles. The molecule has 1 aliphatic rings. The summed E-state index contributed by atoms with van der Waals surface area (Å²) in [5.74, 6) is 0.483. The van der Waals surface area contributed by atoms with Crippen LogP contribution in [-0.2, 0) is 19.5 Å². The summed E-state index contributed by atoms with van der Waals surface area (Å²) in [7, 11) is 2.10. The number of amides is 2. The summed E-state index contributed by atoms with van der Waals surface area (Å²) in [4.78, 5) is 32.1. The monoisotopic (exact) mass is 481 g/mol. The van der Waals surface area contributed by atoms with Crippen molar-refractivity contribution in [3.8, 4) is 11.4 Å². The topological polar surface area (TPSA) is 100 Å². The number of carbonyl (C=O) groups is 2. The molecule has 3 aromatic carbocycles. The molecule has 0 aliphatic carbocycles. The van der Waals surface area contributed by atoms with Gasteiger partial charge in [-0.25, -0.2) is 0 Å². The van der Waals surface area contributed by atoms with Gasteiger partial charge in [-0.3, -0.25) is 9.59 Å². The lowest BCUT2D eigenvalue weighted by Gasteiger charge is -2.25. The van der Waals surface area contributed by atoms with Gasteiger partial charge in [0.2, 0.25) is 11.7 Å². The zero-order valence-corrected chi connectivity index (χ0v) is 20.2. The Kier molecular flexibility index (Phi) is 6.60. The third-order valence-electron chi connectivity index (χ3n) is 6.22. The Morgan fingerprint density at radius 1 is 0.972 bits per heavy atom. The Morgan fingerprint density at radius 3 is 2.58 bits per heavy atom. The van der Waals surface area contributed by atoms with Crippen LogP contribution in [0.4, 0.5) is 5.69 Å². The predicted molar refractivity (Wildman–Crippen MR) is 137 cm³/mol. The highest BCUT2D eigenvalue weighted by atomic mass is 16.5. The molecule has 0 fully saturated rings. The lowest BCUT2D eigenvalue weighted by Crippen LogP contribution is -2.26. The van der Waals surface area contributed by atoms with Gasteiger partial charge in [-0.1, -0.05) is 35.5 Å². The second-order valence-corrected chi connectivity index (χ2v) is 9.03. The maximum absolute atomic E-state index is 12.9. The van der Waals surface area contributed by atoms with Gasteiger partial charge in [0.25, 0.3) is 11.8 Å². The molecule has 0 bridgehead atoms. The molecule has 0 spiro atoms. The van der Waals surface area contributed by atoms with Gasteiger partial charge >= 0.3 is 0 Å². The van der Waals surface area contributed by atoms with Crippen LogP contribution >= 0.6 is 0 Å². The van der Waals surface area contributed by atoms with Gasteiger partial charge in [-0.05, 0) is 66.6 Å². The number of rotatable bonds is 6. The molecule has 5 rings (SSSR count). The van der Waals surface area contributed by atoms with Crippen molar-refractivity contribution in [1.29, 1.82) is 0 Å². The van der Waals surface area contributed by atoms with E-state index >= 15 is 0 Å². The Labute approximate surface area is 209 Å².